The van der Waals surface area contributed by atoms with E-state index < -0.39 is 6.04 Å². The maximum atomic E-state index is 13.2. The summed E-state index contributed by atoms with van der Waals surface area (Å²) in [6.07, 6.45) is 5.43. The molecule has 0 spiro atoms. The summed E-state index contributed by atoms with van der Waals surface area (Å²) in [6, 6.07) is 2.91. The topological polar surface area (TPSA) is 66.5 Å². The van der Waals surface area contributed by atoms with E-state index in [1.54, 1.807) is 6.92 Å². The highest BCUT2D eigenvalue weighted by atomic mass is 79.9. The molecule has 146 valence electrons. The minimum absolute atomic E-state index is 0.161. The minimum atomic E-state index is -0.815. The Kier molecular flexibility index (Phi) is 3.89. The number of halogens is 1. The quantitative estimate of drug-likeness (QED) is 0.575. The van der Waals surface area contributed by atoms with Crippen LogP contribution in [-0.2, 0) is 14.4 Å². The molecule has 2 bridgehead atoms. The number of imide groups is 1. The van der Waals surface area contributed by atoms with Gasteiger partial charge in [-0.2, -0.15) is 0 Å². The van der Waals surface area contributed by atoms with Crippen LogP contribution in [0, 0.1) is 49.4 Å². The molecule has 28 heavy (non-hydrogen) atoms. The van der Waals surface area contributed by atoms with E-state index >= 15 is 0 Å². The minimum Gasteiger partial charge on any atom is -0.324 e. The molecule has 1 aromatic rings. The molecule has 6 rings (SSSR count). The van der Waals surface area contributed by atoms with Crippen molar-refractivity contribution in [2.75, 3.05) is 5.32 Å². The first kappa shape index (κ1) is 18.1. The van der Waals surface area contributed by atoms with Gasteiger partial charge >= 0.3 is 0 Å². The summed E-state index contributed by atoms with van der Waals surface area (Å²) >= 11 is 3.49. The molecule has 1 aromatic carbocycles. The number of amides is 3. The summed E-state index contributed by atoms with van der Waals surface area (Å²) in [5.74, 6) is 0.293. The number of hydrogen-bond acceptors (Lipinski definition) is 3. The fourth-order valence-electron chi connectivity index (χ4n) is 5.64. The zero-order valence-corrected chi connectivity index (χ0v) is 17.7. The molecule has 7 atom stereocenters. The lowest BCUT2D eigenvalue weighted by Crippen LogP contribution is -2.46. The second-order valence-electron chi connectivity index (χ2n) is 8.71. The Balaban J connectivity index is 1.38. The van der Waals surface area contributed by atoms with E-state index in [1.165, 1.54) is 4.90 Å². The first-order valence-corrected chi connectivity index (χ1v) is 10.7. The van der Waals surface area contributed by atoms with Crippen LogP contribution in [0.15, 0.2) is 28.8 Å². The average molecular weight is 443 g/mol. The zero-order chi connectivity index (χ0) is 19.9. The number of carbonyl (C=O) groups excluding carboxylic acids is 3. The van der Waals surface area contributed by atoms with Gasteiger partial charge in [0, 0.05) is 10.2 Å². The Morgan fingerprint density at radius 1 is 1.07 bits per heavy atom. The van der Waals surface area contributed by atoms with Crippen LogP contribution in [0.3, 0.4) is 0 Å². The lowest BCUT2D eigenvalue weighted by Gasteiger charge is -2.37. The molecule has 1 aliphatic heterocycles. The normalized spacial score (nSPS) is 35.6. The van der Waals surface area contributed by atoms with Gasteiger partial charge in [-0.1, -0.05) is 28.1 Å². The summed E-state index contributed by atoms with van der Waals surface area (Å²) in [5.41, 5.74) is 2.72. The number of nitrogens with one attached hydrogen (secondary N) is 1. The van der Waals surface area contributed by atoms with E-state index in [0.717, 1.165) is 22.0 Å². The highest BCUT2D eigenvalue weighted by Gasteiger charge is 2.67. The van der Waals surface area contributed by atoms with Crippen molar-refractivity contribution in [1.82, 2.24) is 4.90 Å². The van der Waals surface area contributed by atoms with Crippen LogP contribution in [0.25, 0.3) is 0 Å². The van der Waals surface area contributed by atoms with Gasteiger partial charge in [-0.05, 0) is 74.1 Å². The van der Waals surface area contributed by atoms with E-state index in [1.807, 2.05) is 26.0 Å². The zero-order valence-electron chi connectivity index (χ0n) is 16.1. The SMILES string of the molecule is Cc1c(Br)ccc(NC(=O)[C@@H](C)N2C(=O)[C@@H]3[C@@H]4C=C[C@H]([C@H]5C[C@H]45)[C@@H]3C2=O)c1C. The van der Waals surface area contributed by atoms with Crippen molar-refractivity contribution in [2.24, 2.45) is 35.5 Å². The fourth-order valence-corrected chi connectivity index (χ4v) is 6.07. The lowest BCUT2D eigenvalue weighted by molar-refractivity contribution is -0.146. The monoisotopic (exact) mass is 442 g/mol. The van der Waals surface area contributed by atoms with Crippen LogP contribution in [0.1, 0.15) is 24.5 Å². The number of allylic oxidation sites excluding steroid dienone is 2. The largest absolute Gasteiger partial charge is 0.324 e. The number of benzene rings is 1. The van der Waals surface area contributed by atoms with E-state index in [0.29, 0.717) is 17.5 Å². The van der Waals surface area contributed by atoms with Crippen LogP contribution < -0.4 is 5.32 Å². The summed E-state index contributed by atoms with van der Waals surface area (Å²) in [4.78, 5) is 40.5. The molecule has 2 saturated carbocycles. The van der Waals surface area contributed by atoms with Crippen LogP contribution >= 0.6 is 15.9 Å². The molecule has 5 nitrogen and oxygen atoms in total. The van der Waals surface area contributed by atoms with Gasteiger partial charge in [-0.15, -0.1) is 0 Å². The second kappa shape index (κ2) is 6.02. The molecular formula is C22H23BrN2O3. The van der Waals surface area contributed by atoms with Crippen LogP contribution in [0.2, 0.25) is 0 Å². The van der Waals surface area contributed by atoms with Crippen molar-refractivity contribution in [3.05, 3.63) is 39.9 Å². The van der Waals surface area contributed by atoms with Gasteiger partial charge in [-0.3, -0.25) is 19.3 Å². The van der Waals surface area contributed by atoms with E-state index in [9.17, 15) is 14.4 Å². The van der Waals surface area contributed by atoms with Gasteiger partial charge in [0.1, 0.15) is 6.04 Å². The smallest absolute Gasteiger partial charge is 0.247 e. The summed E-state index contributed by atoms with van der Waals surface area (Å²) in [5, 5.41) is 2.91. The van der Waals surface area contributed by atoms with Gasteiger partial charge in [0.25, 0.3) is 0 Å². The maximum absolute atomic E-state index is 13.2. The third-order valence-corrected chi connectivity index (χ3v) is 8.30. The van der Waals surface area contributed by atoms with Crippen molar-refractivity contribution in [3.63, 3.8) is 0 Å². The molecule has 3 amide bonds. The van der Waals surface area contributed by atoms with E-state index in [2.05, 4.69) is 33.4 Å². The van der Waals surface area contributed by atoms with Gasteiger partial charge in [0.15, 0.2) is 0 Å². The molecule has 4 aliphatic carbocycles. The number of nitrogens with zero attached hydrogens (tertiary/aromatic N) is 1. The lowest BCUT2D eigenvalue weighted by atomic mass is 9.63. The predicted octanol–water partition coefficient (Wildman–Crippen LogP) is 3.45. The van der Waals surface area contributed by atoms with Crippen LogP contribution in [0.4, 0.5) is 5.69 Å². The Morgan fingerprint density at radius 3 is 2.21 bits per heavy atom. The van der Waals surface area contributed by atoms with Crippen molar-refractivity contribution in [3.8, 4) is 0 Å². The van der Waals surface area contributed by atoms with Gasteiger partial charge in [0.2, 0.25) is 17.7 Å². The first-order valence-electron chi connectivity index (χ1n) is 9.93. The molecule has 1 saturated heterocycles. The molecule has 6 heteroatoms. The van der Waals surface area contributed by atoms with Gasteiger partial charge in [0.05, 0.1) is 11.8 Å². The highest BCUT2D eigenvalue weighted by Crippen LogP contribution is 2.65. The molecule has 0 aromatic heterocycles. The molecule has 5 aliphatic rings. The summed E-state index contributed by atoms with van der Waals surface area (Å²) in [6.45, 7) is 5.57. The van der Waals surface area contributed by atoms with Crippen LogP contribution in [-0.4, -0.2) is 28.7 Å². The van der Waals surface area contributed by atoms with Gasteiger partial charge in [-0.25, -0.2) is 0 Å². The van der Waals surface area contributed by atoms with Gasteiger partial charge < -0.3 is 5.32 Å². The third-order valence-electron chi connectivity index (χ3n) is 7.44. The standard InChI is InChI=1S/C22H23BrN2O3/c1-9-10(2)17(7-6-16(9)23)24-20(26)11(3)25-21(27)18-12-4-5-13(15-8-14(12)15)19(18)22(25)28/h4-7,11-15,18-19H,8H2,1-3H3,(H,24,26)/t11-,12-,13-,14-,15-,18-,19+/m1/s1. The average Bonchev–Trinajstić information content (AvgIpc) is 3.45. The van der Waals surface area contributed by atoms with E-state index in [4.69, 9.17) is 0 Å². The Bertz CT molecular complexity index is 919. The Hall–Kier alpha value is -1.95. The summed E-state index contributed by atoms with van der Waals surface area (Å²) < 4.78 is 0.978. The molecule has 0 radical (unpaired) electrons. The third kappa shape index (κ3) is 2.33. The molecule has 1 N–H and O–H groups in total. The first-order chi connectivity index (χ1) is 13.3. The van der Waals surface area contributed by atoms with Crippen molar-refractivity contribution >= 4 is 39.3 Å². The number of hydrogen-bond donors (Lipinski definition) is 1. The molecule has 0 unspecified atom stereocenters. The number of carbonyl (C=O) groups is 3. The predicted molar refractivity (Wildman–Crippen MR) is 108 cm³/mol. The van der Waals surface area contributed by atoms with E-state index in [-0.39, 0.29) is 41.4 Å². The highest BCUT2D eigenvalue weighted by molar-refractivity contribution is 9.10. The van der Waals surface area contributed by atoms with Crippen molar-refractivity contribution < 1.29 is 14.4 Å². The molecule has 1 heterocycles. The van der Waals surface area contributed by atoms with Crippen LogP contribution in [0.5, 0.6) is 0 Å². The fraction of sp³-hybridized carbons (Fsp3) is 0.500. The van der Waals surface area contributed by atoms with Crippen molar-refractivity contribution in [1.29, 1.82) is 0 Å². The molecule has 3 fully saturated rings. The Morgan fingerprint density at radius 2 is 1.64 bits per heavy atom. The maximum Gasteiger partial charge on any atom is 0.247 e. The summed E-state index contributed by atoms with van der Waals surface area (Å²) in [7, 11) is 0. The number of anilines is 1. The number of rotatable bonds is 3. The second-order valence-corrected chi connectivity index (χ2v) is 9.57. The molecular weight excluding hydrogens is 420 g/mol. The number of likely N-dealkylation sites (tertiary alicyclic amines) is 1. The Labute approximate surface area is 172 Å². The van der Waals surface area contributed by atoms with Crippen molar-refractivity contribution in [2.45, 2.75) is 33.2 Å².